The average molecular weight is 531 g/mol. The zero-order valence-corrected chi connectivity index (χ0v) is 22.2. The fraction of sp³-hybridized carbons (Fsp3) is 0.0270. The Labute approximate surface area is 236 Å². The summed E-state index contributed by atoms with van der Waals surface area (Å²) in [5, 5.41) is 4.40. The Morgan fingerprint density at radius 1 is 0.634 bits per heavy atom. The number of ether oxygens (including phenoxy) is 1. The average Bonchev–Trinajstić information content (AvgIpc) is 3.58. The van der Waals surface area contributed by atoms with E-state index in [1.54, 1.807) is 0 Å². The molecule has 0 radical (unpaired) electrons. The molecule has 8 aromatic rings. The first-order chi connectivity index (χ1) is 20.3. The smallest absolute Gasteiger partial charge is 0.154 e. The molecule has 2 heterocycles. The molecule has 0 spiro atoms. The number of furan rings is 1. The van der Waals surface area contributed by atoms with Crippen LogP contribution in [0.25, 0.3) is 60.6 Å². The molecule has 0 saturated carbocycles. The number of benzene rings is 6. The van der Waals surface area contributed by atoms with Crippen LogP contribution in [0.5, 0.6) is 5.75 Å². The quantitative estimate of drug-likeness (QED) is 0.225. The summed E-state index contributed by atoms with van der Waals surface area (Å²) in [7, 11) is 0. The summed E-state index contributed by atoms with van der Waals surface area (Å²) in [5.74, 6) is 0.649. The van der Waals surface area contributed by atoms with Crippen molar-refractivity contribution in [3.05, 3.63) is 139 Å². The van der Waals surface area contributed by atoms with Crippen LogP contribution in [0.15, 0.2) is 138 Å². The molecule has 0 saturated heterocycles. The van der Waals surface area contributed by atoms with Crippen LogP contribution < -0.4 is 10.5 Å². The number of anilines is 1. The first-order valence-electron chi connectivity index (χ1n) is 13.8. The third kappa shape index (κ3) is 3.76. The molecule has 196 valence electrons. The van der Waals surface area contributed by atoms with Crippen molar-refractivity contribution in [2.75, 3.05) is 5.73 Å². The van der Waals surface area contributed by atoms with E-state index in [4.69, 9.17) is 14.9 Å². The Bertz CT molecular complexity index is 2150. The molecule has 0 aliphatic rings. The number of fused-ring (bicyclic) bond motifs is 6. The number of aromatic nitrogens is 1. The highest BCUT2D eigenvalue weighted by Gasteiger charge is 2.20. The van der Waals surface area contributed by atoms with Crippen molar-refractivity contribution in [3.63, 3.8) is 0 Å². The van der Waals surface area contributed by atoms with E-state index in [9.17, 15) is 0 Å². The summed E-state index contributed by atoms with van der Waals surface area (Å²) >= 11 is 0. The first-order valence-corrected chi connectivity index (χ1v) is 13.8. The maximum atomic E-state index is 6.66. The minimum Gasteiger partial charge on any atom is -0.486 e. The number of rotatable bonds is 5. The summed E-state index contributed by atoms with van der Waals surface area (Å²) in [5.41, 5.74) is 15.4. The predicted molar refractivity (Wildman–Crippen MR) is 169 cm³/mol. The fourth-order valence-electron chi connectivity index (χ4n) is 5.98. The van der Waals surface area contributed by atoms with Crippen LogP contribution in [0, 0.1) is 0 Å². The van der Waals surface area contributed by atoms with E-state index >= 15 is 0 Å². The van der Waals surface area contributed by atoms with E-state index in [2.05, 4.69) is 95.6 Å². The molecule has 0 unspecified atom stereocenters. The molecular formula is C37H26N2O2. The zero-order chi connectivity index (χ0) is 27.3. The topological polar surface area (TPSA) is 53.3 Å². The standard InChI is InChI=1S/C37H26N2O2/c38-31-22-30(25-10-2-1-3-11-25)36-35(29-14-6-9-17-34(29)41-36)37(31)40-23-24-18-20-26(21-19-24)39-32-15-7-4-12-27(32)28-13-5-8-16-33(28)39/h1-22H,23,38H2. The van der Waals surface area contributed by atoms with Gasteiger partial charge in [-0.25, -0.2) is 0 Å². The Kier molecular flexibility index (Phi) is 5.32. The van der Waals surface area contributed by atoms with Gasteiger partial charge in [0, 0.05) is 27.4 Å². The number of nitrogen functional groups attached to an aromatic ring is 1. The van der Waals surface area contributed by atoms with E-state index in [0.29, 0.717) is 18.0 Å². The molecule has 0 bridgehead atoms. The Hall–Kier alpha value is -5.48. The first kappa shape index (κ1) is 23.4. The predicted octanol–water partition coefficient (Wildman–Crippen LogP) is 9.51. The van der Waals surface area contributed by atoms with Gasteiger partial charge in [-0.05, 0) is 47.5 Å². The van der Waals surface area contributed by atoms with E-state index in [0.717, 1.165) is 44.3 Å². The van der Waals surface area contributed by atoms with Gasteiger partial charge in [-0.1, -0.05) is 97.1 Å². The minimum absolute atomic E-state index is 0.386. The number of hydrogen-bond donors (Lipinski definition) is 1. The van der Waals surface area contributed by atoms with Gasteiger partial charge in [0.2, 0.25) is 0 Å². The van der Waals surface area contributed by atoms with Crippen LogP contribution in [-0.4, -0.2) is 4.57 Å². The summed E-state index contributed by atoms with van der Waals surface area (Å²) < 4.78 is 15.2. The van der Waals surface area contributed by atoms with Crippen molar-refractivity contribution in [1.29, 1.82) is 0 Å². The lowest BCUT2D eigenvalue weighted by atomic mass is 10.0. The summed E-state index contributed by atoms with van der Waals surface area (Å²) in [6, 6.07) is 45.8. The van der Waals surface area contributed by atoms with Gasteiger partial charge in [-0.3, -0.25) is 0 Å². The van der Waals surface area contributed by atoms with Gasteiger partial charge in [0.25, 0.3) is 0 Å². The maximum Gasteiger partial charge on any atom is 0.154 e. The lowest BCUT2D eigenvalue weighted by Gasteiger charge is -2.14. The van der Waals surface area contributed by atoms with Crippen LogP contribution in [0.2, 0.25) is 0 Å². The minimum atomic E-state index is 0.386. The van der Waals surface area contributed by atoms with Crippen molar-refractivity contribution in [3.8, 4) is 22.6 Å². The van der Waals surface area contributed by atoms with Crippen LogP contribution >= 0.6 is 0 Å². The molecule has 4 nitrogen and oxygen atoms in total. The molecule has 0 atom stereocenters. The summed E-state index contributed by atoms with van der Waals surface area (Å²) in [6.07, 6.45) is 0. The van der Waals surface area contributed by atoms with Crippen LogP contribution in [0.3, 0.4) is 0 Å². The van der Waals surface area contributed by atoms with Gasteiger partial charge in [-0.15, -0.1) is 0 Å². The van der Waals surface area contributed by atoms with Crippen molar-refractivity contribution in [2.24, 2.45) is 0 Å². The molecule has 0 aliphatic carbocycles. The molecule has 2 aromatic heterocycles. The van der Waals surface area contributed by atoms with Gasteiger partial charge in [0.15, 0.2) is 5.75 Å². The molecule has 8 rings (SSSR count). The van der Waals surface area contributed by atoms with E-state index < -0.39 is 0 Å². The summed E-state index contributed by atoms with van der Waals surface area (Å²) in [6.45, 7) is 0.386. The summed E-state index contributed by atoms with van der Waals surface area (Å²) in [4.78, 5) is 0. The van der Waals surface area contributed by atoms with E-state index in [-0.39, 0.29) is 0 Å². The monoisotopic (exact) mass is 530 g/mol. The second kappa shape index (κ2) is 9.32. The number of hydrogen-bond acceptors (Lipinski definition) is 3. The highest BCUT2D eigenvalue weighted by atomic mass is 16.5. The Balaban J connectivity index is 1.17. The van der Waals surface area contributed by atoms with Crippen molar-refractivity contribution in [2.45, 2.75) is 6.61 Å². The van der Waals surface area contributed by atoms with Gasteiger partial charge in [-0.2, -0.15) is 0 Å². The SMILES string of the molecule is Nc1cc(-c2ccccc2)c2oc3ccccc3c2c1OCc1ccc(-n2c3ccccc3c3ccccc32)cc1. The molecule has 0 amide bonds. The largest absolute Gasteiger partial charge is 0.486 e. The van der Waals surface area contributed by atoms with Crippen molar-refractivity contribution >= 4 is 49.4 Å². The van der Waals surface area contributed by atoms with Crippen LogP contribution in [0.1, 0.15) is 5.56 Å². The highest BCUT2D eigenvalue weighted by Crippen LogP contribution is 2.45. The van der Waals surface area contributed by atoms with Crippen LogP contribution in [-0.2, 0) is 6.61 Å². The zero-order valence-electron chi connectivity index (χ0n) is 22.2. The molecule has 6 aromatic carbocycles. The molecule has 2 N–H and O–H groups in total. The van der Waals surface area contributed by atoms with Crippen molar-refractivity contribution < 1.29 is 9.15 Å². The Morgan fingerprint density at radius 3 is 1.95 bits per heavy atom. The lowest BCUT2D eigenvalue weighted by molar-refractivity contribution is 0.312. The third-order valence-electron chi connectivity index (χ3n) is 7.87. The molecule has 4 heteroatoms. The third-order valence-corrected chi connectivity index (χ3v) is 7.87. The van der Waals surface area contributed by atoms with Gasteiger partial charge >= 0.3 is 0 Å². The van der Waals surface area contributed by atoms with E-state index in [1.165, 1.54) is 21.8 Å². The number of para-hydroxylation sites is 3. The molecule has 0 fully saturated rings. The molecular weight excluding hydrogens is 504 g/mol. The van der Waals surface area contributed by atoms with Crippen molar-refractivity contribution in [1.82, 2.24) is 4.57 Å². The normalized spacial score (nSPS) is 11.6. The molecule has 0 aliphatic heterocycles. The number of nitrogens with zero attached hydrogens (tertiary/aromatic N) is 1. The Morgan fingerprint density at radius 2 is 1.24 bits per heavy atom. The van der Waals surface area contributed by atoms with Gasteiger partial charge in [0.1, 0.15) is 17.8 Å². The lowest BCUT2D eigenvalue weighted by Crippen LogP contribution is -2.01. The fourth-order valence-corrected chi connectivity index (χ4v) is 5.98. The van der Waals surface area contributed by atoms with Crippen LogP contribution in [0.4, 0.5) is 5.69 Å². The molecule has 41 heavy (non-hydrogen) atoms. The van der Waals surface area contributed by atoms with E-state index in [1.807, 2.05) is 42.5 Å². The van der Waals surface area contributed by atoms with Gasteiger partial charge < -0.3 is 19.5 Å². The van der Waals surface area contributed by atoms with Gasteiger partial charge in [0.05, 0.1) is 22.1 Å². The number of nitrogens with two attached hydrogens (primary N) is 1. The highest BCUT2D eigenvalue weighted by molar-refractivity contribution is 6.15. The second-order valence-corrected chi connectivity index (χ2v) is 10.3. The second-order valence-electron chi connectivity index (χ2n) is 10.3. The maximum absolute atomic E-state index is 6.66.